The Hall–Kier alpha value is -1.80. The fourth-order valence-corrected chi connectivity index (χ4v) is 3.09. The first-order chi connectivity index (χ1) is 10.3. The molecule has 1 atom stereocenters. The predicted octanol–water partition coefficient (Wildman–Crippen LogP) is 4.25. The van der Waals surface area contributed by atoms with Gasteiger partial charge in [-0.05, 0) is 42.0 Å². The minimum Gasteiger partial charge on any atom is -0.492 e. The monoisotopic (exact) mass is 281 g/mol. The van der Waals surface area contributed by atoms with E-state index in [1.54, 1.807) is 0 Å². The second kappa shape index (κ2) is 6.77. The molecule has 110 valence electrons. The number of hydrogen-bond donors (Lipinski definition) is 1. The van der Waals surface area contributed by atoms with Crippen LogP contribution in [0.5, 0.6) is 5.75 Å². The molecular weight excluding hydrogens is 258 g/mol. The molecule has 0 aliphatic heterocycles. The first-order valence-electron chi connectivity index (χ1n) is 7.87. The van der Waals surface area contributed by atoms with Crippen LogP contribution in [0.15, 0.2) is 54.6 Å². The van der Waals surface area contributed by atoms with Crippen molar-refractivity contribution < 1.29 is 4.74 Å². The first kappa shape index (κ1) is 14.2. The molecule has 2 heteroatoms. The maximum Gasteiger partial charge on any atom is 0.119 e. The molecule has 1 aliphatic carbocycles. The van der Waals surface area contributed by atoms with Crippen LogP contribution < -0.4 is 10.5 Å². The van der Waals surface area contributed by atoms with Crippen LogP contribution in [0.1, 0.15) is 25.7 Å². The summed E-state index contributed by atoms with van der Waals surface area (Å²) in [6.07, 6.45) is 5.17. The van der Waals surface area contributed by atoms with Gasteiger partial charge in [0.05, 0.1) is 0 Å². The molecule has 2 N–H and O–H groups in total. The summed E-state index contributed by atoms with van der Waals surface area (Å²) in [6.45, 7) is 0.620. The average Bonchev–Trinajstić information content (AvgIpc) is 3.08. The van der Waals surface area contributed by atoms with E-state index in [0.717, 1.165) is 5.75 Å². The molecule has 2 aromatic rings. The Labute approximate surface area is 126 Å². The van der Waals surface area contributed by atoms with Crippen molar-refractivity contribution in [2.75, 3.05) is 6.61 Å². The van der Waals surface area contributed by atoms with Gasteiger partial charge in [0.1, 0.15) is 12.4 Å². The maximum absolute atomic E-state index is 6.22. The summed E-state index contributed by atoms with van der Waals surface area (Å²) in [4.78, 5) is 0. The van der Waals surface area contributed by atoms with Crippen molar-refractivity contribution in [3.05, 3.63) is 54.6 Å². The van der Waals surface area contributed by atoms with E-state index in [9.17, 15) is 0 Å². The van der Waals surface area contributed by atoms with Crippen molar-refractivity contribution >= 4 is 0 Å². The summed E-state index contributed by atoms with van der Waals surface area (Å²) in [5.41, 5.74) is 8.66. The lowest BCUT2D eigenvalue weighted by atomic mass is 10.00. The molecule has 0 amide bonds. The molecule has 21 heavy (non-hydrogen) atoms. The van der Waals surface area contributed by atoms with E-state index in [2.05, 4.69) is 36.4 Å². The summed E-state index contributed by atoms with van der Waals surface area (Å²) >= 11 is 0. The van der Waals surface area contributed by atoms with Crippen molar-refractivity contribution in [1.82, 2.24) is 0 Å². The minimum atomic E-state index is 0.168. The van der Waals surface area contributed by atoms with E-state index in [-0.39, 0.29) is 6.04 Å². The second-order valence-electron chi connectivity index (χ2n) is 5.91. The topological polar surface area (TPSA) is 35.2 Å². The third-order valence-electron chi connectivity index (χ3n) is 4.41. The lowest BCUT2D eigenvalue weighted by molar-refractivity contribution is 0.247. The largest absolute Gasteiger partial charge is 0.492 e. The quantitative estimate of drug-likeness (QED) is 0.889. The van der Waals surface area contributed by atoms with Crippen LogP contribution in [-0.2, 0) is 0 Å². The Morgan fingerprint density at radius 2 is 1.52 bits per heavy atom. The predicted molar refractivity (Wildman–Crippen MR) is 87.3 cm³/mol. The minimum absolute atomic E-state index is 0.168. The average molecular weight is 281 g/mol. The molecule has 1 aliphatic rings. The Kier molecular flexibility index (Phi) is 4.56. The SMILES string of the molecule is NC(COc1ccc(-c2ccccc2)cc1)C1CCCC1. The standard InChI is InChI=1S/C19H23NO/c20-19(17-8-4-5-9-17)14-21-18-12-10-16(11-13-18)15-6-2-1-3-7-15/h1-3,6-7,10-13,17,19H,4-5,8-9,14,20H2. The van der Waals surface area contributed by atoms with Crippen molar-refractivity contribution in [2.45, 2.75) is 31.7 Å². The van der Waals surface area contributed by atoms with Crippen LogP contribution in [0, 0.1) is 5.92 Å². The molecule has 0 spiro atoms. The van der Waals surface area contributed by atoms with Gasteiger partial charge in [0, 0.05) is 6.04 Å². The highest BCUT2D eigenvalue weighted by atomic mass is 16.5. The van der Waals surface area contributed by atoms with E-state index in [4.69, 9.17) is 10.5 Å². The number of ether oxygens (including phenoxy) is 1. The third kappa shape index (κ3) is 3.64. The fraction of sp³-hybridized carbons (Fsp3) is 0.368. The lowest BCUT2D eigenvalue weighted by Gasteiger charge is -2.19. The van der Waals surface area contributed by atoms with Crippen molar-refractivity contribution in [2.24, 2.45) is 11.7 Å². The van der Waals surface area contributed by atoms with Gasteiger partial charge in [0.2, 0.25) is 0 Å². The van der Waals surface area contributed by atoms with Crippen molar-refractivity contribution in [3.8, 4) is 16.9 Å². The number of hydrogen-bond acceptors (Lipinski definition) is 2. The second-order valence-corrected chi connectivity index (χ2v) is 5.91. The highest BCUT2D eigenvalue weighted by Gasteiger charge is 2.22. The van der Waals surface area contributed by atoms with Crippen molar-refractivity contribution in [3.63, 3.8) is 0 Å². The van der Waals surface area contributed by atoms with Crippen LogP contribution in [0.4, 0.5) is 0 Å². The summed E-state index contributed by atoms with van der Waals surface area (Å²) in [7, 11) is 0. The summed E-state index contributed by atoms with van der Waals surface area (Å²) in [5, 5.41) is 0. The molecule has 0 heterocycles. The zero-order valence-corrected chi connectivity index (χ0v) is 12.4. The van der Waals surface area contributed by atoms with E-state index < -0.39 is 0 Å². The molecule has 1 unspecified atom stereocenters. The Morgan fingerprint density at radius 3 is 2.19 bits per heavy atom. The number of nitrogens with two attached hydrogens (primary N) is 1. The molecule has 0 bridgehead atoms. The number of benzene rings is 2. The molecule has 1 saturated carbocycles. The van der Waals surface area contributed by atoms with Gasteiger partial charge < -0.3 is 10.5 Å². The molecular formula is C19H23NO. The molecule has 0 aromatic heterocycles. The van der Waals surface area contributed by atoms with E-state index >= 15 is 0 Å². The van der Waals surface area contributed by atoms with E-state index in [0.29, 0.717) is 12.5 Å². The van der Waals surface area contributed by atoms with Gasteiger partial charge in [0.25, 0.3) is 0 Å². The maximum atomic E-state index is 6.22. The van der Waals surface area contributed by atoms with Gasteiger partial charge >= 0.3 is 0 Å². The van der Waals surface area contributed by atoms with Gasteiger partial charge in [-0.15, -0.1) is 0 Å². The number of rotatable bonds is 5. The molecule has 0 radical (unpaired) electrons. The summed E-state index contributed by atoms with van der Waals surface area (Å²) in [5.74, 6) is 1.55. The van der Waals surface area contributed by atoms with Gasteiger partial charge in [-0.1, -0.05) is 55.3 Å². The molecule has 3 rings (SSSR count). The smallest absolute Gasteiger partial charge is 0.119 e. The Morgan fingerprint density at radius 1 is 0.905 bits per heavy atom. The Balaban J connectivity index is 1.57. The van der Waals surface area contributed by atoms with Gasteiger partial charge in [-0.3, -0.25) is 0 Å². The van der Waals surface area contributed by atoms with Crippen LogP contribution >= 0.6 is 0 Å². The van der Waals surface area contributed by atoms with Crippen LogP contribution in [0.2, 0.25) is 0 Å². The highest BCUT2D eigenvalue weighted by molar-refractivity contribution is 5.63. The van der Waals surface area contributed by atoms with Gasteiger partial charge in [-0.2, -0.15) is 0 Å². The molecule has 1 fully saturated rings. The normalized spacial score (nSPS) is 16.8. The van der Waals surface area contributed by atoms with Gasteiger partial charge in [-0.25, -0.2) is 0 Å². The van der Waals surface area contributed by atoms with Crippen LogP contribution in [0.3, 0.4) is 0 Å². The zero-order valence-electron chi connectivity index (χ0n) is 12.4. The molecule has 2 nitrogen and oxygen atoms in total. The fourth-order valence-electron chi connectivity index (χ4n) is 3.09. The summed E-state index contributed by atoms with van der Waals surface area (Å²) in [6, 6.07) is 18.8. The first-order valence-corrected chi connectivity index (χ1v) is 7.87. The molecule has 2 aromatic carbocycles. The van der Waals surface area contributed by atoms with Crippen LogP contribution in [0.25, 0.3) is 11.1 Å². The lowest BCUT2D eigenvalue weighted by Crippen LogP contribution is -2.34. The summed E-state index contributed by atoms with van der Waals surface area (Å²) < 4.78 is 5.85. The van der Waals surface area contributed by atoms with E-state index in [1.807, 2.05) is 18.2 Å². The van der Waals surface area contributed by atoms with Crippen LogP contribution in [-0.4, -0.2) is 12.6 Å². The van der Waals surface area contributed by atoms with E-state index in [1.165, 1.54) is 36.8 Å². The highest BCUT2D eigenvalue weighted by Crippen LogP contribution is 2.27. The zero-order chi connectivity index (χ0) is 14.5. The van der Waals surface area contributed by atoms with Gasteiger partial charge in [0.15, 0.2) is 0 Å². The van der Waals surface area contributed by atoms with Crippen molar-refractivity contribution in [1.29, 1.82) is 0 Å². The Bertz CT molecular complexity index is 544. The third-order valence-corrected chi connectivity index (χ3v) is 4.41. The molecule has 0 saturated heterocycles.